The first kappa shape index (κ1) is 10.4. The highest BCUT2D eigenvalue weighted by molar-refractivity contribution is 5.27. The summed E-state index contributed by atoms with van der Waals surface area (Å²) in [5, 5.41) is 11.4. The lowest BCUT2D eigenvalue weighted by atomic mass is 10.2. The number of aryl methyl sites for hydroxylation is 2. The van der Waals surface area contributed by atoms with Crippen LogP contribution in [0.1, 0.15) is 29.5 Å². The van der Waals surface area contributed by atoms with Crippen molar-refractivity contribution in [3.63, 3.8) is 0 Å². The quantitative estimate of drug-likeness (QED) is 0.852. The zero-order chi connectivity index (χ0) is 11.7. The van der Waals surface area contributed by atoms with Crippen LogP contribution in [0.3, 0.4) is 0 Å². The van der Waals surface area contributed by atoms with E-state index in [0.29, 0.717) is 6.04 Å². The molecule has 2 aromatic heterocycles. The Labute approximate surface area is 99.9 Å². The number of fused-ring (bicyclic) bond motifs is 1. The molecule has 2 aromatic rings. The second kappa shape index (κ2) is 4.25. The van der Waals surface area contributed by atoms with Crippen molar-refractivity contribution >= 4 is 0 Å². The first-order valence-electron chi connectivity index (χ1n) is 5.84. The third-order valence-corrected chi connectivity index (χ3v) is 3.27. The minimum Gasteiger partial charge on any atom is -0.320 e. The van der Waals surface area contributed by atoms with Gasteiger partial charge >= 0.3 is 0 Å². The van der Waals surface area contributed by atoms with Gasteiger partial charge in [0.2, 0.25) is 0 Å². The van der Waals surface area contributed by atoms with Crippen molar-refractivity contribution in [2.45, 2.75) is 25.4 Å². The highest BCUT2D eigenvalue weighted by Crippen LogP contribution is 2.28. The Morgan fingerprint density at radius 1 is 1.53 bits per heavy atom. The third kappa shape index (κ3) is 1.93. The van der Waals surface area contributed by atoms with Gasteiger partial charge in [0.1, 0.15) is 12.2 Å². The zero-order valence-electron chi connectivity index (χ0n) is 9.80. The van der Waals surface area contributed by atoms with Crippen LogP contribution in [0.4, 0.5) is 0 Å². The van der Waals surface area contributed by atoms with Crippen molar-refractivity contribution in [1.29, 1.82) is 0 Å². The lowest BCUT2D eigenvalue weighted by molar-refractivity contribution is 0.503. The number of hydrogen-bond donors (Lipinski definition) is 1. The molecule has 0 saturated carbocycles. The van der Waals surface area contributed by atoms with Crippen LogP contribution in [0, 0.1) is 0 Å². The molecule has 1 atom stereocenters. The lowest BCUT2D eigenvalue weighted by Gasteiger charge is -2.12. The fourth-order valence-electron chi connectivity index (χ4n) is 2.29. The molecule has 0 bridgehead atoms. The fraction of sp³-hybridized carbons (Fsp3) is 0.417. The predicted molar refractivity (Wildman–Crippen MR) is 63.1 cm³/mol. The van der Waals surface area contributed by atoms with Crippen LogP contribution in [-0.2, 0) is 20.0 Å². The molecule has 2 heterocycles. The van der Waals surface area contributed by atoms with Gasteiger partial charge in [-0.2, -0.15) is 0 Å². The topological polar surface area (TPSA) is 55.6 Å². The summed E-state index contributed by atoms with van der Waals surface area (Å²) in [7, 11) is 1.96. The van der Waals surface area contributed by atoms with Crippen LogP contribution in [0.25, 0.3) is 0 Å². The van der Waals surface area contributed by atoms with Crippen LogP contribution in [-0.4, -0.2) is 19.7 Å². The second-order valence-corrected chi connectivity index (χ2v) is 4.38. The van der Waals surface area contributed by atoms with Gasteiger partial charge in [0, 0.05) is 13.2 Å². The molecule has 5 heteroatoms. The first-order valence-corrected chi connectivity index (χ1v) is 5.84. The number of hydrogen-bond acceptors (Lipinski definition) is 4. The molecule has 0 aliphatic heterocycles. The molecule has 1 aliphatic carbocycles. The van der Waals surface area contributed by atoms with E-state index < -0.39 is 0 Å². The minimum absolute atomic E-state index is 0.350. The summed E-state index contributed by atoms with van der Waals surface area (Å²) in [5.41, 5.74) is 2.55. The molecule has 0 aromatic carbocycles. The molecular formula is C12H15N5. The number of nitrogens with zero attached hydrogens (tertiary/aromatic N) is 4. The maximum absolute atomic E-state index is 4.46. The van der Waals surface area contributed by atoms with Crippen LogP contribution in [0.2, 0.25) is 0 Å². The molecule has 5 nitrogen and oxygen atoms in total. The molecule has 1 unspecified atom stereocenters. The molecule has 0 radical (unpaired) electrons. The van der Waals surface area contributed by atoms with Crippen LogP contribution >= 0.6 is 0 Å². The molecule has 0 saturated heterocycles. The van der Waals surface area contributed by atoms with Crippen molar-refractivity contribution in [2.75, 3.05) is 0 Å². The van der Waals surface area contributed by atoms with Gasteiger partial charge in [0.05, 0.1) is 18.3 Å². The van der Waals surface area contributed by atoms with E-state index in [0.717, 1.165) is 25.2 Å². The Hall–Kier alpha value is -1.75. The molecule has 1 aliphatic rings. The summed E-state index contributed by atoms with van der Waals surface area (Å²) in [5.74, 6) is 0.953. The molecule has 1 N–H and O–H groups in total. The normalized spacial score (nSPS) is 18.3. The van der Waals surface area contributed by atoms with Crippen LogP contribution in [0.15, 0.2) is 24.7 Å². The maximum atomic E-state index is 4.46. The summed E-state index contributed by atoms with van der Waals surface area (Å²) in [6.07, 6.45) is 5.81. The van der Waals surface area contributed by atoms with E-state index in [4.69, 9.17) is 0 Å². The van der Waals surface area contributed by atoms with Gasteiger partial charge in [-0.25, -0.2) is 0 Å². The second-order valence-electron chi connectivity index (χ2n) is 4.38. The average molecular weight is 229 g/mol. The predicted octanol–water partition coefficient (Wildman–Crippen LogP) is 0.987. The van der Waals surface area contributed by atoms with E-state index in [1.54, 1.807) is 6.33 Å². The molecule has 88 valence electrons. The zero-order valence-corrected chi connectivity index (χ0v) is 9.80. The van der Waals surface area contributed by atoms with E-state index in [1.165, 1.54) is 11.3 Å². The molecule has 0 amide bonds. The Morgan fingerprint density at radius 3 is 3.29 bits per heavy atom. The number of aromatic nitrogens is 4. The maximum Gasteiger partial charge on any atom is 0.146 e. The number of rotatable bonds is 3. The summed E-state index contributed by atoms with van der Waals surface area (Å²) >= 11 is 0. The van der Waals surface area contributed by atoms with E-state index in [-0.39, 0.29) is 0 Å². The summed E-state index contributed by atoms with van der Waals surface area (Å²) in [4.78, 5) is 4.46. The summed E-state index contributed by atoms with van der Waals surface area (Å²) in [6, 6.07) is 4.51. The Balaban J connectivity index is 1.70. The first-order chi connectivity index (χ1) is 8.34. The lowest BCUT2D eigenvalue weighted by Crippen LogP contribution is -2.21. The highest BCUT2D eigenvalue weighted by atomic mass is 15.3. The molecule has 3 rings (SSSR count). The van der Waals surface area contributed by atoms with E-state index in [9.17, 15) is 0 Å². The van der Waals surface area contributed by atoms with Gasteiger partial charge in [-0.3, -0.25) is 4.98 Å². The van der Waals surface area contributed by atoms with Crippen molar-refractivity contribution in [1.82, 2.24) is 25.1 Å². The molecule has 0 spiro atoms. The molecular weight excluding hydrogens is 214 g/mol. The van der Waals surface area contributed by atoms with Crippen LogP contribution < -0.4 is 5.32 Å². The van der Waals surface area contributed by atoms with Gasteiger partial charge in [0.25, 0.3) is 0 Å². The largest absolute Gasteiger partial charge is 0.320 e. The minimum atomic E-state index is 0.350. The van der Waals surface area contributed by atoms with Gasteiger partial charge in [-0.05, 0) is 24.5 Å². The van der Waals surface area contributed by atoms with Gasteiger partial charge in [-0.1, -0.05) is 6.07 Å². The Morgan fingerprint density at radius 2 is 2.47 bits per heavy atom. The monoisotopic (exact) mass is 229 g/mol. The smallest absolute Gasteiger partial charge is 0.146 e. The average Bonchev–Trinajstić information content (AvgIpc) is 2.93. The van der Waals surface area contributed by atoms with E-state index >= 15 is 0 Å². The van der Waals surface area contributed by atoms with Crippen molar-refractivity contribution in [3.8, 4) is 0 Å². The van der Waals surface area contributed by atoms with Crippen LogP contribution in [0.5, 0.6) is 0 Å². The highest BCUT2D eigenvalue weighted by Gasteiger charge is 2.23. The summed E-state index contributed by atoms with van der Waals surface area (Å²) < 4.78 is 1.93. The fourth-order valence-corrected chi connectivity index (χ4v) is 2.29. The molecule has 0 fully saturated rings. The Bertz CT molecular complexity index is 519. The number of pyridine rings is 1. The standard InChI is InChI=1S/C12H15N5/c1-17-8-15-16-11(17)7-14-10-5-4-9-3-2-6-13-12(9)10/h2-3,6,8,10,14H,4-5,7H2,1H3. The van der Waals surface area contributed by atoms with Crippen molar-refractivity contribution in [3.05, 3.63) is 41.7 Å². The summed E-state index contributed by atoms with van der Waals surface area (Å²) in [6.45, 7) is 0.733. The van der Waals surface area contributed by atoms with Crippen molar-refractivity contribution in [2.24, 2.45) is 7.05 Å². The van der Waals surface area contributed by atoms with Gasteiger partial charge in [0.15, 0.2) is 0 Å². The number of nitrogens with one attached hydrogen (secondary N) is 1. The van der Waals surface area contributed by atoms with E-state index in [1.807, 2.05) is 23.9 Å². The SMILES string of the molecule is Cn1cnnc1CNC1CCc2cccnc21. The van der Waals surface area contributed by atoms with E-state index in [2.05, 4.69) is 26.6 Å². The van der Waals surface area contributed by atoms with Crippen molar-refractivity contribution < 1.29 is 0 Å². The van der Waals surface area contributed by atoms with Gasteiger partial charge in [-0.15, -0.1) is 10.2 Å². The molecule has 17 heavy (non-hydrogen) atoms. The Kier molecular flexibility index (Phi) is 2.60. The van der Waals surface area contributed by atoms with Gasteiger partial charge < -0.3 is 9.88 Å². The third-order valence-electron chi connectivity index (χ3n) is 3.27.